The Bertz CT molecular complexity index is 714. The van der Waals surface area contributed by atoms with Crippen LogP contribution in [0.2, 0.25) is 0 Å². The van der Waals surface area contributed by atoms with Crippen LogP contribution in [0.5, 0.6) is 0 Å². The van der Waals surface area contributed by atoms with Crippen LogP contribution >= 0.6 is 0 Å². The Kier molecular flexibility index (Phi) is 3.87. The van der Waals surface area contributed by atoms with Crippen molar-refractivity contribution in [3.63, 3.8) is 0 Å². The topological polar surface area (TPSA) is 64.7 Å². The molecule has 0 spiro atoms. The second-order valence-electron chi connectivity index (χ2n) is 5.49. The fourth-order valence-electron chi connectivity index (χ4n) is 2.33. The summed E-state index contributed by atoms with van der Waals surface area (Å²) in [4.78, 5) is 12.0. The van der Waals surface area contributed by atoms with Crippen LogP contribution in [0.15, 0.2) is 18.3 Å². The third kappa shape index (κ3) is 3.54. The second kappa shape index (κ2) is 5.71. The summed E-state index contributed by atoms with van der Waals surface area (Å²) in [6.07, 6.45) is -1.15. The molecular weight excluding hydrogens is 311 g/mol. The summed E-state index contributed by atoms with van der Waals surface area (Å²) in [6, 6.07) is 2.67. The molecule has 1 fully saturated rings. The highest BCUT2D eigenvalue weighted by Crippen LogP contribution is 2.42. The number of hydrogen-bond donors (Lipinski definition) is 1. The molecule has 2 heterocycles. The molecule has 0 aromatic carbocycles. The summed E-state index contributed by atoms with van der Waals surface area (Å²) in [5, 5.41) is 10.2. The molecule has 124 valence electrons. The predicted octanol–water partition coefficient (Wildman–Crippen LogP) is 2.63. The largest absolute Gasteiger partial charge is 0.435 e. The first kappa shape index (κ1) is 15.6. The molecule has 1 amide bonds. The minimum absolute atomic E-state index is 0.0608. The second-order valence-corrected chi connectivity index (χ2v) is 5.49. The molecule has 23 heavy (non-hydrogen) atoms. The van der Waals surface area contributed by atoms with E-state index in [9.17, 15) is 18.0 Å². The summed E-state index contributed by atoms with van der Waals surface area (Å²) >= 11 is 0. The van der Waals surface area contributed by atoms with Gasteiger partial charge in [-0.3, -0.25) is 14.2 Å². The van der Waals surface area contributed by atoms with Crippen molar-refractivity contribution in [3.8, 4) is 0 Å². The third-order valence-corrected chi connectivity index (χ3v) is 3.62. The Morgan fingerprint density at radius 3 is 2.70 bits per heavy atom. The summed E-state index contributed by atoms with van der Waals surface area (Å²) < 4.78 is 41.2. The van der Waals surface area contributed by atoms with Gasteiger partial charge in [0.2, 0.25) is 5.91 Å². The quantitative estimate of drug-likeness (QED) is 0.918. The van der Waals surface area contributed by atoms with Crippen molar-refractivity contribution in [1.82, 2.24) is 19.6 Å². The van der Waals surface area contributed by atoms with Crippen LogP contribution in [0.25, 0.3) is 0 Å². The lowest BCUT2D eigenvalue weighted by Gasteiger charge is -2.06. The Labute approximate surface area is 130 Å². The third-order valence-electron chi connectivity index (χ3n) is 3.62. The number of aromatic nitrogens is 4. The molecule has 0 radical (unpaired) electrons. The van der Waals surface area contributed by atoms with Crippen molar-refractivity contribution in [2.24, 2.45) is 0 Å². The highest BCUT2D eigenvalue weighted by atomic mass is 19.4. The minimum atomic E-state index is -4.51. The van der Waals surface area contributed by atoms with Gasteiger partial charge in [0, 0.05) is 30.4 Å². The average Bonchev–Trinajstić information content (AvgIpc) is 3.06. The summed E-state index contributed by atoms with van der Waals surface area (Å²) in [5.41, 5.74) is -0.492. The number of amides is 1. The van der Waals surface area contributed by atoms with Gasteiger partial charge in [0.1, 0.15) is 6.54 Å². The first-order chi connectivity index (χ1) is 10.9. The number of nitrogens with one attached hydrogen (secondary N) is 1. The van der Waals surface area contributed by atoms with Crippen LogP contribution in [-0.2, 0) is 24.1 Å². The average molecular weight is 327 g/mol. The van der Waals surface area contributed by atoms with Gasteiger partial charge in [0.05, 0.1) is 0 Å². The molecule has 0 saturated heterocycles. The van der Waals surface area contributed by atoms with Crippen molar-refractivity contribution < 1.29 is 18.0 Å². The van der Waals surface area contributed by atoms with E-state index in [2.05, 4.69) is 15.5 Å². The molecular formula is C14H16F3N5O. The molecule has 3 rings (SSSR count). The van der Waals surface area contributed by atoms with E-state index in [1.54, 1.807) is 16.9 Å². The number of hydrogen-bond acceptors (Lipinski definition) is 3. The number of anilines is 1. The zero-order valence-corrected chi connectivity index (χ0v) is 12.5. The zero-order valence-electron chi connectivity index (χ0n) is 12.5. The van der Waals surface area contributed by atoms with Gasteiger partial charge in [-0.05, 0) is 25.8 Å². The number of nitrogens with zero attached hydrogens (tertiary/aromatic N) is 4. The number of halogens is 3. The number of rotatable bonds is 5. The highest BCUT2D eigenvalue weighted by molar-refractivity contribution is 5.89. The number of carbonyl (C=O) groups is 1. The molecule has 2 aromatic rings. The summed E-state index contributed by atoms with van der Waals surface area (Å²) in [6.45, 7) is 2.31. The molecule has 0 atom stereocenters. The van der Waals surface area contributed by atoms with Crippen molar-refractivity contribution in [1.29, 1.82) is 0 Å². The van der Waals surface area contributed by atoms with Crippen molar-refractivity contribution in [2.75, 3.05) is 5.32 Å². The van der Waals surface area contributed by atoms with Crippen LogP contribution in [0.4, 0.5) is 19.0 Å². The van der Waals surface area contributed by atoms with E-state index in [1.165, 1.54) is 0 Å². The van der Waals surface area contributed by atoms with Crippen LogP contribution in [0, 0.1) is 0 Å². The van der Waals surface area contributed by atoms with E-state index < -0.39 is 17.8 Å². The fraction of sp³-hybridized carbons (Fsp3) is 0.500. The van der Waals surface area contributed by atoms with E-state index in [1.807, 2.05) is 6.92 Å². The first-order valence-electron chi connectivity index (χ1n) is 7.35. The number of carbonyl (C=O) groups excluding carboxylic acids is 1. The normalized spacial score (nSPS) is 15.0. The standard InChI is InChI=1S/C14H16F3N5O/c1-2-21-6-5-12(20-21)18-13(23)8-22-10(9-3-4-9)7-11(19-22)14(15,16)17/h5-7,9H,2-4,8H2,1H3,(H,18,20,23). The van der Waals surface area contributed by atoms with Gasteiger partial charge in [-0.25, -0.2) is 0 Å². The van der Waals surface area contributed by atoms with E-state index in [0.717, 1.165) is 23.6 Å². The number of alkyl halides is 3. The Morgan fingerprint density at radius 2 is 2.13 bits per heavy atom. The van der Waals surface area contributed by atoms with Gasteiger partial charge >= 0.3 is 6.18 Å². The lowest BCUT2D eigenvalue weighted by atomic mass is 10.2. The minimum Gasteiger partial charge on any atom is -0.308 e. The fourth-order valence-corrected chi connectivity index (χ4v) is 2.33. The monoisotopic (exact) mass is 327 g/mol. The first-order valence-corrected chi connectivity index (χ1v) is 7.35. The molecule has 1 aliphatic rings. The molecule has 0 aliphatic heterocycles. The maximum absolute atomic E-state index is 12.8. The van der Waals surface area contributed by atoms with Crippen molar-refractivity contribution in [3.05, 3.63) is 29.7 Å². The lowest BCUT2D eigenvalue weighted by Crippen LogP contribution is -2.21. The maximum atomic E-state index is 12.8. The molecule has 1 N–H and O–H groups in total. The molecule has 6 nitrogen and oxygen atoms in total. The van der Waals surface area contributed by atoms with E-state index >= 15 is 0 Å². The maximum Gasteiger partial charge on any atom is 0.435 e. The highest BCUT2D eigenvalue weighted by Gasteiger charge is 2.38. The predicted molar refractivity (Wildman–Crippen MR) is 75.7 cm³/mol. The SMILES string of the molecule is CCn1ccc(NC(=O)Cn2nc(C(F)(F)F)cc2C2CC2)n1. The lowest BCUT2D eigenvalue weighted by molar-refractivity contribution is -0.141. The summed E-state index contributed by atoms with van der Waals surface area (Å²) in [7, 11) is 0. The van der Waals surface area contributed by atoms with Gasteiger partial charge in [-0.15, -0.1) is 0 Å². The van der Waals surface area contributed by atoms with E-state index in [0.29, 0.717) is 18.1 Å². The van der Waals surface area contributed by atoms with Crippen molar-refractivity contribution in [2.45, 2.75) is 44.9 Å². The smallest absolute Gasteiger partial charge is 0.308 e. The zero-order chi connectivity index (χ0) is 16.6. The van der Waals surface area contributed by atoms with Crippen LogP contribution in [0.3, 0.4) is 0 Å². The van der Waals surface area contributed by atoms with Gasteiger partial charge in [-0.1, -0.05) is 0 Å². The van der Waals surface area contributed by atoms with Crippen LogP contribution in [0.1, 0.15) is 37.1 Å². The van der Waals surface area contributed by atoms with E-state index in [-0.39, 0.29) is 12.5 Å². The number of aryl methyl sites for hydroxylation is 1. The molecule has 0 unspecified atom stereocenters. The van der Waals surface area contributed by atoms with Crippen LogP contribution in [-0.4, -0.2) is 25.5 Å². The Hall–Kier alpha value is -2.32. The van der Waals surface area contributed by atoms with Gasteiger partial charge in [0.25, 0.3) is 0 Å². The summed E-state index contributed by atoms with van der Waals surface area (Å²) in [5.74, 6) is -0.0243. The molecule has 1 aliphatic carbocycles. The molecule has 1 saturated carbocycles. The van der Waals surface area contributed by atoms with Crippen LogP contribution < -0.4 is 5.32 Å². The van der Waals surface area contributed by atoms with Gasteiger partial charge in [-0.2, -0.15) is 23.4 Å². The van der Waals surface area contributed by atoms with Crippen molar-refractivity contribution >= 4 is 11.7 Å². The van der Waals surface area contributed by atoms with Gasteiger partial charge < -0.3 is 5.32 Å². The Morgan fingerprint density at radius 1 is 1.39 bits per heavy atom. The molecule has 2 aromatic heterocycles. The molecule has 0 bridgehead atoms. The Balaban J connectivity index is 1.73. The van der Waals surface area contributed by atoms with Gasteiger partial charge in [0.15, 0.2) is 11.5 Å². The molecule has 9 heteroatoms. The van der Waals surface area contributed by atoms with E-state index in [4.69, 9.17) is 0 Å².